The summed E-state index contributed by atoms with van der Waals surface area (Å²) in [7, 11) is 0. The second-order valence-corrected chi connectivity index (χ2v) is 6.04. The van der Waals surface area contributed by atoms with Crippen molar-refractivity contribution in [1.29, 1.82) is 0 Å². The first kappa shape index (κ1) is 17.6. The number of rotatable bonds is 4. The number of alkyl halides is 3. The van der Waals surface area contributed by atoms with Crippen LogP contribution in [0.15, 0.2) is 24.3 Å². The van der Waals surface area contributed by atoms with Gasteiger partial charge in [-0.3, -0.25) is 4.79 Å². The number of amides is 1. The minimum atomic E-state index is -4.34. The lowest BCUT2D eigenvalue weighted by molar-refractivity contribution is -0.137. The average Bonchev–Trinajstić information content (AvgIpc) is 2.47. The van der Waals surface area contributed by atoms with Gasteiger partial charge in [0.1, 0.15) is 0 Å². The topological polar surface area (TPSA) is 41.1 Å². The van der Waals surface area contributed by atoms with E-state index in [1.807, 2.05) is 0 Å². The standard InChI is InChI=1S/C17H23F3N2O/c18-17(19,20)13-8-10-14(11-9-13)21-12-16(23)22-15-6-4-2-1-3-5-7-15/h8-11,15,21H,1-7,12H2,(H,22,23). The van der Waals surface area contributed by atoms with Crippen LogP contribution in [0.3, 0.4) is 0 Å². The molecule has 1 amide bonds. The summed E-state index contributed by atoms with van der Waals surface area (Å²) in [6.07, 6.45) is 3.66. The first-order valence-electron chi connectivity index (χ1n) is 8.15. The zero-order chi connectivity index (χ0) is 16.7. The predicted molar refractivity (Wildman–Crippen MR) is 84.2 cm³/mol. The average molecular weight is 328 g/mol. The number of hydrogen-bond donors (Lipinski definition) is 2. The molecular formula is C17H23F3N2O. The van der Waals surface area contributed by atoms with Gasteiger partial charge in [-0.1, -0.05) is 32.1 Å². The Morgan fingerprint density at radius 2 is 1.57 bits per heavy atom. The number of benzene rings is 1. The molecule has 23 heavy (non-hydrogen) atoms. The third-order valence-corrected chi connectivity index (χ3v) is 4.14. The molecule has 1 aliphatic rings. The molecule has 0 spiro atoms. The molecule has 0 radical (unpaired) electrons. The van der Waals surface area contributed by atoms with E-state index in [-0.39, 0.29) is 18.5 Å². The Bertz CT molecular complexity index is 492. The first-order chi connectivity index (χ1) is 10.9. The number of nitrogens with one attached hydrogen (secondary N) is 2. The van der Waals surface area contributed by atoms with Gasteiger partial charge in [-0.05, 0) is 37.1 Å². The summed E-state index contributed by atoms with van der Waals surface area (Å²) in [6, 6.07) is 4.92. The van der Waals surface area contributed by atoms with E-state index in [0.29, 0.717) is 5.69 Å². The van der Waals surface area contributed by atoms with Crippen LogP contribution >= 0.6 is 0 Å². The molecule has 3 nitrogen and oxygen atoms in total. The smallest absolute Gasteiger partial charge is 0.376 e. The van der Waals surface area contributed by atoms with Gasteiger partial charge in [0.05, 0.1) is 12.1 Å². The number of carbonyl (C=O) groups is 1. The van der Waals surface area contributed by atoms with Gasteiger partial charge in [-0.15, -0.1) is 0 Å². The van der Waals surface area contributed by atoms with Gasteiger partial charge in [-0.25, -0.2) is 0 Å². The Morgan fingerprint density at radius 1 is 1.00 bits per heavy atom. The van der Waals surface area contributed by atoms with E-state index in [2.05, 4.69) is 10.6 Å². The van der Waals surface area contributed by atoms with Crippen LogP contribution in [-0.2, 0) is 11.0 Å². The fourth-order valence-corrected chi connectivity index (χ4v) is 2.84. The highest BCUT2D eigenvalue weighted by molar-refractivity contribution is 5.80. The van der Waals surface area contributed by atoms with E-state index in [4.69, 9.17) is 0 Å². The van der Waals surface area contributed by atoms with Crippen molar-refractivity contribution in [1.82, 2.24) is 5.32 Å². The molecule has 0 aliphatic heterocycles. The van der Waals surface area contributed by atoms with Crippen LogP contribution in [0.2, 0.25) is 0 Å². The fourth-order valence-electron chi connectivity index (χ4n) is 2.84. The highest BCUT2D eigenvalue weighted by Gasteiger charge is 2.29. The molecule has 1 fully saturated rings. The van der Waals surface area contributed by atoms with Crippen LogP contribution in [0.5, 0.6) is 0 Å². The monoisotopic (exact) mass is 328 g/mol. The van der Waals surface area contributed by atoms with Crippen molar-refractivity contribution in [3.8, 4) is 0 Å². The molecule has 1 aliphatic carbocycles. The normalized spacial score (nSPS) is 17.2. The van der Waals surface area contributed by atoms with Crippen LogP contribution in [-0.4, -0.2) is 18.5 Å². The predicted octanol–water partition coefficient (Wildman–Crippen LogP) is 4.35. The van der Waals surface area contributed by atoms with Crippen molar-refractivity contribution in [2.24, 2.45) is 0 Å². The lowest BCUT2D eigenvalue weighted by Gasteiger charge is -2.21. The van der Waals surface area contributed by atoms with E-state index in [9.17, 15) is 18.0 Å². The Kier molecular flexibility index (Phi) is 6.30. The summed E-state index contributed by atoms with van der Waals surface area (Å²) in [6.45, 7) is 0.0713. The van der Waals surface area contributed by atoms with Gasteiger partial charge in [0, 0.05) is 11.7 Å². The van der Waals surface area contributed by atoms with Crippen molar-refractivity contribution in [3.05, 3.63) is 29.8 Å². The van der Waals surface area contributed by atoms with E-state index < -0.39 is 11.7 Å². The molecule has 0 bridgehead atoms. The van der Waals surface area contributed by atoms with Gasteiger partial charge in [0.15, 0.2) is 0 Å². The summed E-state index contributed by atoms with van der Waals surface area (Å²) in [5, 5.41) is 5.87. The van der Waals surface area contributed by atoms with Crippen molar-refractivity contribution in [3.63, 3.8) is 0 Å². The molecule has 0 unspecified atom stereocenters. The molecule has 128 valence electrons. The van der Waals surface area contributed by atoms with Crippen LogP contribution in [0.4, 0.5) is 18.9 Å². The van der Waals surface area contributed by atoms with Gasteiger partial charge in [0.25, 0.3) is 0 Å². The maximum atomic E-state index is 12.5. The maximum Gasteiger partial charge on any atom is 0.416 e. The molecule has 0 aromatic heterocycles. The SMILES string of the molecule is O=C(CNc1ccc(C(F)(F)F)cc1)NC1CCCCCCC1. The zero-order valence-electron chi connectivity index (χ0n) is 13.1. The zero-order valence-corrected chi connectivity index (χ0v) is 13.1. The van der Waals surface area contributed by atoms with Crippen LogP contribution < -0.4 is 10.6 Å². The fraction of sp³-hybridized carbons (Fsp3) is 0.588. The first-order valence-corrected chi connectivity index (χ1v) is 8.15. The lowest BCUT2D eigenvalue weighted by atomic mass is 9.97. The molecule has 1 aromatic carbocycles. The molecule has 0 saturated heterocycles. The number of hydrogen-bond acceptors (Lipinski definition) is 2. The van der Waals surface area contributed by atoms with Crippen molar-refractivity contribution in [2.75, 3.05) is 11.9 Å². The van der Waals surface area contributed by atoms with E-state index in [1.165, 1.54) is 31.4 Å². The van der Waals surface area contributed by atoms with Gasteiger partial charge in [-0.2, -0.15) is 13.2 Å². The van der Waals surface area contributed by atoms with Gasteiger partial charge < -0.3 is 10.6 Å². The van der Waals surface area contributed by atoms with E-state index in [1.54, 1.807) is 0 Å². The molecule has 2 rings (SSSR count). The molecule has 1 saturated carbocycles. The van der Waals surface area contributed by atoms with E-state index in [0.717, 1.165) is 37.8 Å². The van der Waals surface area contributed by atoms with Gasteiger partial charge in [0.2, 0.25) is 5.91 Å². The largest absolute Gasteiger partial charge is 0.416 e. The molecule has 0 atom stereocenters. The summed E-state index contributed by atoms with van der Waals surface area (Å²) >= 11 is 0. The Balaban J connectivity index is 1.77. The van der Waals surface area contributed by atoms with Crippen molar-refractivity contribution >= 4 is 11.6 Å². The quantitative estimate of drug-likeness (QED) is 0.863. The van der Waals surface area contributed by atoms with Crippen LogP contribution in [0, 0.1) is 0 Å². The Morgan fingerprint density at radius 3 is 2.13 bits per heavy atom. The third-order valence-electron chi connectivity index (χ3n) is 4.14. The number of anilines is 1. The Labute approximate surface area is 134 Å². The van der Waals surface area contributed by atoms with Crippen LogP contribution in [0.25, 0.3) is 0 Å². The van der Waals surface area contributed by atoms with Gasteiger partial charge >= 0.3 is 6.18 Å². The molecule has 1 aromatic rings. The summed E-state index contributed by atoms with van der Waals surface area (Å²) in [5.41, 5.74) is -0.187. The van der Waals surface area contributed by atoms with Crippen molar-refractivity contribution < 1.29 is 18.0 Å². The number of carbonyl (C=O) groups excluding carboxylic acids is 1. The molecule has 0 heterocycles. The molecular weight excluding hydrogens is 305 g/mol. The summed E-state index contributed by atoms with van der Waals surface area (Å²) in [5.74, 6) is -0.115. The lowest BCUT2D eigenvalue weighted by Crippen LogP contribution is -2.38. The summed E-state index contributed by atoms with van der Waals surface area (Å²) < 4.78 is 37.4. The maximum absolute atomic E-state index is 12.5. The Hall–Kier alpha value is -1.72. The third kappa shape index (κ3) is 6.12. The second-order valence-electron chi connectivity index (χ2n) is 6.04. The van der Waals surface area contributed by atoms with Crippen LogP contribution in [0.1, 0.15) is 50.5 Å². The molecule has 6 heteroatoms. The van der Waals surface area contributed by atoms with Crippen molar-refractivity contribution in [2.45, 2.75) is 57.2 Å². The minimum absolute atomic E-state index is 0.0713. The molecule has 2 N–H and O–H groups in total. The number of halogens is 3. The highest BCUT2D eigenvalue weighted by atomic mass is 19.4. The highest BCUT2D eigenvalue weighted by Crippen LogP contribution is 2.29. The summed E-state index contributed by atoms with van der Waals surface area (Å²) in [4.78, 5) is 12.0. The van der Waals surface area contributed by atoms with E-state index >= 15 is 0 Å². The minimum Gasteiger partial charge on any atom is -0.376 e. The second kappa shape index (κ2) is 8.22.